The number of aromatic nitrogens is 1. The number of aromatic amines is 1. The third-order valence-corrected chi connectivity index (χ3v) is 2.52. The predicted molar refractivity (Wildman–Crippen MR) is 62.4 cm³/mol. The first-order valence-electron chi connectivity index (χ1n) is 5.20. The molecule has 0 atom stereocenters. The number of hydrogen-bond acceptors (Lipinski definition) is 2. The molecule has 0 aliphatic rings. The SMILES string of the molecule is CC(=O)NCCc1cc2[nH]ccc2cc1O. The number of aromatic hydroxyl groups is 1. The second kappa shape index (κ2) is 4.26. The van der Waals surface area contributed by atoms with Gasteiger partial charge in [-0.1, -0.05) is 0 Å². The van der Waals surface area contributed by atoms with Crippen LogP contribution in [0.1, 0.15) is 12.5 Å². The summed E-state index contributed by atoms with van der Waals surface area (Å²) in [6.07, 6.45) is 2.46. The molecule has 2 rings (SSSR count). The summed E-state index contributed by atoms with van der Waals surface area (Å²) in [5.41, 5.74) is 1.83. The summed E-state index contributed by atoms with van der Waals surface area (Å²) in [7, 11) is 0. The summed E-state index contributed by atoms with van der Waals surface area (Å²) >= 11 is 0. The fourth-order valence-corrected chi connectivity index (χ4v) is 1.71. The molecule has 1 amide bonds. The highest BCUT2D eigenvalue weighted by Crippen LogP contribution is 2.24. The first-order valence-corrected chi connectivity index (χ1v) is 5.20. The molecule has 84 valence electrons. The van der Waals surface area contributed by atoms with Crippen molar-refractivity contribution in [2.24, 2.45) is 0 Å². The summed E-state index contributed by atoms with van der Waals surface area (Å²) in [5.74, 6) is 0.220. The van der Waals surface area contributed by atoms with E-state index in [1.54, 1.807) is 6.07 Å². The van der Waals surface area contributed by atoms with Gasteiger partial charge < -0.3 is 15.4 Å². The maximum Gasteiger partial charge on any atom is 0.216 e. The molecule has 0 saturated heterocycles. The lowest BCUT2D eigenvalue weighted by Crippen LogP contribution is -2.22. The van der Waals surface area contributed by atoms with Crippen LogP contribution >= 0.6 is 0 Å². The highest BCUT2D eigenvalue weighted by molar-refractivity contribution is 5.82. The molecule has 16 heavy (non-hydrogen) atoms. The molecule has 2 aromatic rings. The Morgan fingerprint density at radius 1 is 1.50 bits per heavy atom. The summed E-state index contributed by atoms with van der Waals surface area (Å²) < 4.78 is 0. The molecule has 0 saturated carbocycles. The van der Waals surface area contributed by atoms with Gasteiger partial charge in [-0.2, -0.15) is 0 Å². The number of rotatable bonds is 3. The van der Waals surface area contributed by atoms with Crippen LogP contribution in [0.25, 0.3) is 10.9 Å². The van der Waals surface area contributed by atoms with Gasteiger partial charge in [0.15, 0.2) is 0 Å². The number of fused-ring (bicyclic) bond motifs is 1. The van der Waals surface area contributed by atoms with E-state index in [1.165, 1.54) is 6.92 Å². The van der Waals surface area contributed by atoms with Crippen molar-refractivity contribution in [3.8, 4) is 5.75 Å². The zero-order valence-corrected chi connectivity index (χ0v) is 9.08. The molecular weight excluding hydrogens is 204 g/mol. The number of hydrogen-bond donors (Lipinski definition) is 3. The standard InChI is InChI=1S/C12H14N2O2/c1-8(15)13-4-3-10-6-11-9(2-5-14-11)7-12(10)16/h2,5-7,14,16H,3-4H2,1H3,(H,13,15). The van der Waals surface area contributed by atoms with Crippen LogP contribution in [0.15, 0.2) is 24.4 Å². The molecular formula is C12H14N2O2. The Hall–Kier alpha value is -1.97. The van der Waals surface area contributed by atoms with Crippen LogP contribution in [0, 0.1) is 0 Å². The summed E-state index contributed by atoms with van der Waals surface area (Å²) in [6, 6.07) is 5.55. The predicted octanol–water partition coefficient (Wildman–Crippen LogP) is 1.55. The molecule has 0 aliphatic heterocycles. The van der Waals surface area contributed by atoms with E-state index in [2.05, 4.69) is 10.3 Å². The fraction of sp³-hybridized carbons (Fsp3) is 0.250. The van der Waals surface area contributed by atoms with Gasteiger partial charge in [0.1, 0.15) is 5.75 Å². The Kier molecular flexibility index (Phi) is 2.81. The van der Waals surface area contributed by atoms with Gasteiger partial charge in [-0.05, 0) is 30.2 Å². The number of carbonyl (C=O) groups is 1. The molecule has 1 aromatic carbocycles. The fourth-order valence-electron chi connectivity index (χ4n) is 1.71. The summed E-state index contributed by atoms with van der Waals surface area (Å²) in [4.78, 5) is 13.8. The smallest absolute Gasteiger partial charge is 0.216 e. The van der Waals surface area contributed by atoms with E-state index in [0.717, 1.165) is 16.5 Å². The van der Waals surface area contributed by atoms with Crippen LogP contribution in [-0.4, -0.2) is 22.5 Å². The van der Waals surface area contributed by atoms with Gasteiger partial charge in [0, 0.05) is 30.6 Å². The minimum atomic E-state index is -0.0551. The second-order valence-corrected chi connectivity index (χ2v) is 3.78. The minimum Gasteiger partial charge on any atom is -0.508 e. The summed E-state index contributed by atoms with van der Waals surface area (Å²) in [5, 5.41) is 13.5. The summed E-state index contributed by atoms with van der Waals surface area (Å²) in [6.45, 7) is 2.02. The first kappa shape index (κ1) is 10.5. The van der Waals surface area contributed by atoms with Gasteiger partial charge in [-0.15, -0.1) is 0 Å². The Labute approximate surface area is 93.3 Å². The van der Waals surface area contributed by atoms with Crippen molar-refractivity contribution in [2.45, 2.75) is 13.3 Å². The molecule has 3 N–H and O–H groups in total. The van der Waals surface area contributed by atoms with Gasteiger partial charge in [0.2, 0.25) is 5.91 Å². The zero-order valence-electron chi connectivity index (χ0n) is 9.08. The van der Waals surface area contributed by atoms with Crippen LogP contribution in [0.3, 0.4) is 0 Å². The molecule has 0 radical (unpaired) electrons. The number of amides is 1. The van der Waals surface area contributed by atoms with Crippen LogP contribution < -0.4 is 5.32 Å². The largest absolute Gasteiger partial charge is 0.508 e. The van der Waals surface area contributed by atoms with Gasteiger partial charge >= 0.3 is 0 Å². The Morgan fingerprint density at radius 2 is 2.31 bits per heavy atom. The molecule has 0 fully saturated rings. The van der Waals surface area contributed by atoms with Crippen molar-refractivity contribution in [1.29, 1.82) is 0 Å². The van der Waals surface area contributed by atoms with Crippen LogP contribution in [0.4, 0.5) is 0 Å². The first-order chi connectivity index (χ1) is 7.66. The second-order valence-electron chi connectivity index (χ2n) is 3.78. The zero-order chi connectivity index (χ0) is 11.5. The monoisotopic (exact) mass is 218 g/mol. The van der Waals surface area contributed by atoms with Crippen molar-refractivity contribution < 1.29 is 9.90 Å². The lowest BCUT2D eigenvalue weighted by atomic mass is 10.1. The van der Waals surface area contributed by atoms with Crippen LogP contribution in [0.2, 0.25) is 0 Å². The lowest BCUT2D eigenvalue weighted by Gasteiger charge is -2.05. The number of carbonyl (C=O) groups excluding carboxylic acids is 1. The average molecular weight is 218 g/mol. The van der Waals surface area contributed by atoms with Crippen LogP contribution in [-0.2, 0) is 11.2 Å². The van der Waals surface area contributed by atoms with E-state index in [1.807, 2.05) is 18.3 Å². The van der Waals surface area contributed by atoms with E-state index in [-0.39, 0.29) is 11.7 Å². The molecule has 0 unspecified atom stereocenters. The molecule has 4 nitrogen and oxygen atoms in total. The van der Waals surface area contributed by atoms with Crippen LogP contribution in [0.5, 0.6) is 5.75 Å². The molecule has 0 bridgehead atoms. The molecule has 0 aliphatic carbocycles. The van der Waals surface area contributed by atoms with Crippen molar-refractivity contribution in [3.63, 3.8) is 0 Å². The Morgan fingerprint density at radius 3 is 3.06 bits per heavy atom. The molecule has 1 aromatic heterocycles. The topological polar surface area (TPSA) is 65.1 Å². The van der Waals surface area contributed by atoms with Crippen molar-refractivity contribution in [1.82, 2.24) is 10.3 Å². The van der Waals surface area contributed by atoms with Gasteiger partial charge in [0.05, 0.1) is 0 Å². The van der Waals surface area contributed by atoms with Gasteiger partial charge in [-0.25, -0.2) is 0 Å². The van der Waals surface area contributed by atoms with Gasteiger partial charge in [0.25, 0.3) is 0 Å². The molecule has 4 heteroatoms. The maximum absolute atomic E-state index is 10.7. The van der Waals surface area contributed by atoms with Gasteiger partial charge in [-0.3, -0.25) is 4.79 Å². The maximum atomic E-state index is 10.7. The third kappa shape index (κ3) is 2.16. The molecule has 0 spiro atoms. The normalized spacial score (nSPS) is 10.6. The number of benzene rings is 1. The Balaban J connectivity index is 2.16. The van der Waals surface area contributed by atoms with E-state index < -0.39 is 0 Å². The molecule has 1 heterocycles. The van der Waals surface area contributed by atoms with Crippen molar-refractivity contribution >= 4 is 16.8 Å². The third-order valence-electron chi connectivity index (χ3n) is 2.52. The minimum absolute atomic E-state index is 0.0551. The van der Waals surface area contributed by atoms with E-state index >= 15 is 0 Å². The van der Waals surface area contributed by atoms with E-state index in [4.69, 9.17) is 0 Å². The van der Waals surface area contributed by atoms with E-state index in [0.29, 0.717) is 13.0 Å². The Bertz CT molecular complexity index is 517. The number of H-pyrrole nitrogens is 1. The quantitative estimate of drug-likeness (QED) is 0.731. The lowest BCUT2D eigenvalue weighted by molar-refractivity contribution is -0.118. The van der Waals surface area contributed by atoms with Crippen molar-refractivity contribution in [2.75, 3.05) is 6.54 Å². The highest BCUT2D eigenvalue weighted by Gasteiger charge is 2.04. The van der Waals surface area contributed by atoms with E-state index in [9.17, 15) is 9.90 Å². The number of phenols is 1. The highest BCUT2D eigenvalue weighted by atomic mass is 16.3. The number of phenolic OH excluding ortho intramolecular Hbond substituents is 1. The van der Waals surface area contributed by atoms with Crippen molar-refractivity contribution in [3.05, 3.63) is 30.0 Å². The average Bonchev–Trinajstić information content (AvgIpc) is 2.64. The number of nitrogens with one attached hydrogen (secondary N) is 2.